The SMILES string of the molecule is Cc1ccc(NC(=O)COC(=O)c2cccc(S(=O)(=O)NC(C)C)c2)cc1F. The fourth-order valence-corrected chi connectivity index (χ4v) is 3.55. The van der Waals surface area contributed by atoms with Crippen LogP contribution in [0.4, 0.5) is 10.1 Å². The molecule has 0 unspecified atom stereocenters. The van der Waals surface area contributed by atoms with Crippen LogP contribution in [0.1, 0.15) is 29.8 Å². The number of esters is 1. The number of carbonyl (C=O) groups is 2. The van der Waals surface area contributed by atoms with E-state index in [4.69, 9.17) is 4.74 Å². The zero-order valence-electron chi connectivity index (χ0n) is 15.7. The third kappa shape index (κ3) is 5.86. The van der Waals surface area contributed by atoms with Crippen molar-refractivity contribution in [3.8, 4) is 0 Å². The Morgan fingerprint density at radius 2 is 1.86 bits per heavy atom. The molecule has 0 aliphatic heterocycles. The van der Waals surface area contributed by atoms with E-state index < -0.39 is 34.3 Å². The lowest BCUT2D eigenvalue weighted by Gasteiger charge is -2.11. The Bertz CT molecular complexity index is 990. The second kappa shape index (κ2) is 8.94. The highest BCUT2D eigenvalue weighted by atomic mass is 32.2. The molecule has 0 aliphatic rings. The van der Waals surface area contributed by atoms with Crippen LogP contribution in [0.2, 0.25) is 0 Å². The molecule has 2 N–H and O–H groups in total. The maximum atomic E-state index is 13.5. The molecule has 0 fully saturated rings. The molecular formula is C19H21FN2O5S. The second-order valence-corrected chi connectivity index (χ2v) is 8.11. The highest BCUT2D eigenvalue weighted by Crippen LogP contribution is 2.15. The Balaban J connectivity index is 2.00. The van der Waals surface area contributed by atoms with Crippen molar-refractivity contribution in [2.75, 3.05) is 11.9 Å². The first kappa shape index (κ1) is 21.5. The summed E-state index contributed by atoms with van der Waals surface area (Å²) in [6.07, 6.45) is 0. The highest BCUT2D eigenvalue weighted by Gasteiger charge is 2.18. The van der Waals surface area contributed by atoms with Gasteiger partial charge in [0.1, 0.15) is 5.82 Å². The predicted molar refractivity (Wildman–Crippen MR) is 102 cm³/mol. The average Bonchev–Trinajstić information content (AvgIpc) is 2.62. The van der Waals surface area contributed by atoms with Gasteiger partial charge < -0.3 is 10.1 Å². The lowest BCUT2D eigenvalue weighted by atomic mass is 10.2. The van der Waals surface area contributed by atoms with E-state index in [0.717, 1.165) is 6.07 Å². The number of hydrogen-bond acceptors (Lipinski definition) is 5. The summed E-state index contributed by atoms with van der Waals surface area (Å²) in [5.41, 5.74) is 0.657. The zero-order valence-corrected chi connectivity index (χ0v) is 16.5. The Kier molecular flexibility index (Phi) is 6.87. The molecule has 0 aromatic heterocycles. The van der Waals surface area contributed by atoms with Gasteiger partial charge in [0.05, 0.1) is 10.5 Å². The quantitative estimate of drug-likeness (QED) is 0.686. The molecule has 0 saturated carbocycles. The molecule has 0 radical (unpaired) electrons. The van der Waals surface area contributed by atoms with Gasteiger partial charge in [0.2, 0.25) is 10.0 Å². The van der Waals surface area contributed by atoms with Gasteiger partial charge in [0.15, 0.2) is 6.61 Å². The fraction of sp³-hybridized carbons (Fsp3) is 0.263. The largest absolute Gasteiger partial charge is 0.452 e. The van der Waals surface area contributed by atoms with E-state index in [2.05, 4.69) is 10.0 Å². The van der Waals surface area contributed by atoms with Gasteiger partial charge >= 0.3 is 5.97 Å². The molecule has 0 heterocycles. The molecule has 28 heavy (non-hydrogen) atoms. The van der Waals surface area contributed by atoms with Crippen LogP contribution in [0.25, 0.3) is 0 Å². The van der Waals surface area contributed by atoms with E-state index >= 15 is 0 Å². The lowest BCUT2D eigenvalue weighted by molar-refractivity contribution is -0.119. The normalized spacial score (nSPS) is 11.3. The summed E-state index contributed by atoms with van der Waals surface area (Å²) >= 11 is 0. The third-order valence-electron chi connectivity index (χ3n) is 3.56. The van der Waals surface area contributed by atoms with Crippen molar-refractivity contribution in [2.45, 2.75) is 31.7 Å². The van der Waals surface area contributed by atoms with E-state index in [1.165, 1.54) is 36.4 Å². The minimum absolute atomic E-state index is 0.0131. The van der Waals surface area contributed by atoms with Crippen LogP contribution in [0, 0.1) is 12.7 Å². The molecular weight excluding hydrogens is 387 g/mol. The van der Waals surface area contributed by atoms with Gasteiger partial charge in [0, 0.05) is 11.7 Å². The number of anilines is 1. The molecule has 2 rings (SSSR count). The summed E-state index contributed by atoms with van der Waals surface area (Å²) in [5.74, 6) is -1.98. The lowest BCUT2D eigenvalue weighted by Crippen LogP contribution is -2.30. The Hall–Kier alpha value is -2.78. The number of benzene rings is 2. The summed E-state index contributed by atoms with van der Waals surface area (Å²) in [7, 11) is -3.77. The van der Waals surface area contributed by atoms with Crippen LogP contribution in [0.15, 0.2) is 47.4 Å². The standard InChI is InChI=1S/C19H21FN2O5S/c1-12(2)22-28(25,26)16-6-4-5-14(9-16)19(24)27-11-18(23)21-15-8-7-13(3)17(20)10-15/h4-10,12,22H,11H2,1-3H3,(H,21,23). The minimum Gasteiger partial charge on any atom is -0.452 e. The van der Waals surface area contributed by atoms with Gasteiger partial charge in [-0.3, -0.25) is 4.79 Å². The first-order chi connectivity index (χ1) is 13.1. The average molecular weight is 408 g/mol. The second-order valence-electron chi connectivity index (χ2n) is 6.39. The molecule has 2 aromatic carbocycles. The Labute approximate surface area is 163 Å². The summed E-state index contributed by atoms with van der Waals surface area (Å²) in [6, 6.07) is 9.18. The minimum atomic E-state index is -3.77. The number of ether oxygens (including phenoxy) is 1. The van der Waals surface area contributed by atoms with Gasteiger partial charge in [-0.2, -0.15) is 0 Å². The monoisotopic (exact) mass is 408 g/mol. The molecule has 1 amide bonds. The molecule has 7 nitrogen and oxygen atoms in total. The molecule has 0 spiro atoms. The zero-order chi connectivity index (χ0) is 20.9. The van der Waals surface area contributed by atoms with E-state index in [0.29, 0.717) is 5.56 Å². The van der Waals surface area contributed by atoms with Crippen molar-refractivity contribution < 1.29 is 27.1 Å². The van der Waals surface area contributed by atoms with E-state index in [9.17, 15) is 22.4 Å². The van der Waals surface area contributed by atoms with Gasteiger partial charge in [-0.05, 0) is 56.7 Å². The molecule has 2 aromatic rings. The number of rotatable bonds is 7. The maximum Gasteiger partial charge on any atom is 0.338 e. The van der Waals surface area contributed by atoms with Crippen LogP contribution < -0.4 is 10.0 Å². The number of halogens is 1. The van der Waals surface area contributed by atoms with Gasteiger partial charge in [-0.1, -0.05) is 12.1 Å². The summed E-state index contributed by atoms with van der Waals surface area (Å²) in [4.78, 5) is 23.9. The Morgan fingerprint density at radius 1 is 1.14 bits per heavy atom. The topological polar surface area (TPSA) is 102 Å². The van der Waals surface area contributed by atoms with Crippen molar-refractivity contribution in [3.63, 3.8) is 0 Å². The smallest absolute Gasteiger partial charge is 0.338 e. The van der Waals surface area contributed by atoms with Crippen molar-refractivity contribution in [2.24, 2.45) is 0 Å². The van der Waals surface area contributed by atoms with Crippen molar-refractivity contribution in [1.82, 2.24) is 4.72 Å². The molecule has 150 valence electrons. The molecule has 0 saturated heterocycles. The van der Waals surface area contributed by atoms with Gasteiger partial charge in [0.25, 0.3) is 5.91 Å². The van der Waals surface area contributed by atoms with E-state index in [1.54, 1.807) is 20.8 Å². The summed E-state index contributed by atoms with van der Waals surface area (Å²) in [6.45, 7) is 4.34. The third-order valence-corrected chi connectivity index (χ3v) is 5.22. The van der Waals surface area contributed by atoms with Crippen LogP contribution >= 0.6 is 0 Å². The first-order valence-corrected chi connectivity index (χ1v) is 9.92. The molecule has 0 bridgehead atoms. The number of amides is 1. The van der Waals surface area contributed by atoms with Crippen LogP contribution in [-0.4, -0.2) is 32.9 Å². The number of nitrogens with one attached hydrogen (secondary N) is 2. The van der Waals surface area contributed by atoms with Gasteiger partial charge in [-0.25, -0.2) is 22.3 Å². The van der Waals surface area contributed by atoms with Crippen LogP contribution in [-0.2, 0) is 19.6 Å². The number of aryl methyl sites for hydroxylation is 1. The maximum absolute atomic E-state index is 13.5. The number of hydrogen-bond donors (Lipinski definition) is 2. The Morgan fingerprint density at radius 3 is 2.50 bits per heavy atom. The fourth-order valence-electron chi connectivity index (χ4n) is 2.25. The molecule has 0 aliphatic carbocycles. The summed E-state index contributed by atoms with van der Waals surface area (Å²) < 4.78 is 45.2. The highest BCUT2D eigenvalue weighted by molar-refractivity contribution is 7.89. The molecule has 9 heteroatoms. The predicted octanol–water partition coefficient (Wildman–Crippen LogP) is 2.62. The van der Waals surface area contributed by atoms with Crippen LogP contribution in [0.3, 0.4) is 0 Å². The number of sulfonamides is 1. The summed E-state index contributed by atoms with van der Waals surface area (Å²) in [5, 5.41) is 2.41. The van der Waals surface area contributed by atoms with Crippen molar-refractivity contribution in [3.05, 3.63) is 59.4 Å². The first-order valence-electron chi connectivity index (χ1n) is 8.44. The van der Waals surface area contributed by atoms with Crippen molar-refractivity contribution in [1.29, 1.82) is 0 Å². The van der Waals surface area contributed by atoms with Gasteiger partial charge in [-0.15, -0.1) is 0 Å². The molecule has 0 atom stereocenters. The van der Waals surface area contributed by atoms with E-state index in [-0.39, 0.29) is 22.2 Å². The van der Waals surface area contributed by atoms with Crippen molar-refractivity contribution >= 4 is 27.6 Å². The van der Waals surface area contributed by atoms with Crippen LogP contribution in [0.5, 0.6) is 0 Å². The number of carbonyl (C=O) groups excluding carboxylic acids is 2. The van der Waals surface area contributed by atoms with E-state index in [1.807, 2.05) is 0 Å².